The van der Waals surface area contributed by atoms with Gasteiger partial charge in [0.2, 0.25) is 5.91 Å². The lowest BCUT2D eigenvalue weighted by molar-refractivity contribution is -0.123. The van der Waals surface area contributed by atoms with Crippen LogP contribution in [0.25, 0.3) is 21.6 Å². The van der Waals surface area contributed by atoms with Crippen LogP contribution in [0.5, 0.6) is 0 Å². The average Bonchev–Trinajstić information content (AvgIpc) is 3.44. The number of amides is 1. The molecule has 0 saturated carbocycles. The summed E-state index contributed by atoms with van der Waals surface area (Å²) in [5.41, 5.74) is 2.42. The average molecular weight is 412 g/mol. The SMILES string of the molecule is CC(C(=O)NCCCc1c[nH]c2ccccc12)n1c(-c2cccs2)n[nH]c1=S. The van der Waals surface area contributed by atoms with Gasteiger partial charge in [-0.3, -0.25) is 14.5 Å². The summed E-state index contributed by atoms with van der Waals surface area (Å²) in [6, 6.07) is 11.8. The van der Waals surface area contributed by atoms with Crippen LogP contribution in [0.3, 0.4) is 0 Å². The van der Waals surface area contributed by atoms with E-state index in [9.17, 15) is 4.79 Å². The Morgan fingerprint density at radius 1 is 1.32 bits per heavy atom. The van der Waals surface area contributed by atoms with Crippen LogP contribution in [-0.2, 0) is 11.2 Å². The number of rotatable bonds is 7. The van der Waals surface area contributed by atoms with Crippen molar-refractivity contribution in [2.24, 2.45) is 0 Å². The van der Waals surface area contributed by atoms with Crippen LogP contribution in [0, 0.1) is 4.77 Å². The van der Waals surface area contributed by atoms with Gasteiger partial charge in [0.15, 0.2) is 10.6 Å². The highest BCUT2D eigenvalue weighted by Gasteiger charge is 2.21. The Labute approximate surface area is 171 Å². The van der Waals surface area contributed by atoms with Crippen molar-refractivity contribution in [1.29, 1.82) is 0 Å². The van der Waals surface area contributed by atoms with Gasteiger partial charge in [-0.25, -0.2) is 0 Å². The predicted octanol–water partition coefficient (Wildman–Crippen LogP) is 4.46. The van der Waals surface area contributed by atoms with Crippen LogP contribution in [0.4, 0.5) is 0 Å². The van der Waals surface area contributed by atoms with Crippen molar-refractivity contribution >= 4 is 40.4 Å². The van der Waals surface area contributed by atoms with Crippen LogP contribution < -0.4 is 5.32 Å². The molecule has 1 aromatic carbocycles. The Balaban J connectivity index is 1.37. The standard InChI is InChI=1S/C20H21N5OS2/c1-13(25-18(23-24-20(25)27)17-9-5-11-28-17)19(26)21-10-4-6-14-12-22-16-8-3-2-7-15(14)16/h2-3,5,7-9,11-13,22H,4,6,10H2,1H3,(H,21,26)(H,24,27). The summed E-state index contributed by atoms with van der Waals surface area (Å²) in [5, 5.41) is 13.3. The molecule has 1 unspecified atom stereocenters. The fraction of sp³-hybridized carbons (Fsp3) is 0.250. The Bertz CT molecular complexity index is 1140. The van der Waals surface area contributed by atoms with Crippen molar-refractivity contribution in [3.05, 3.63) is 58.3 Å². The Morgan fingerprint density at radius 3 is 3.00 bits per heavy atom. The fourth-order valence-corrected chi connectivity index (χ4v) is 4.34. The third-order valence-corrected chi connectivity index (χ3v) is 5.96. The van der Waals surface area contributed by atoms with E-state index in [-0.39, 0.29) is 5.91 Å². The molecule has 8 heteroatoms. The van der Waals surface area contributed by atoms with Gasteiger partial charge < -0.3 is 10.3 Å². The maximum Gasteiger partial charge on any atom is 0.242 e. The number of carbonyl (C=O) groups excluding carboxylic acids is 1. The van der Waals surface area contributed by atoms with Gasteiger partial charge in [0.05, 0.1) is 4.88 Å². The molecule has 0 aliphatic carbocycles. The summed E-state index contributed by atoms with van der Waals surface area (Å²) in [4.78, 5) is 16.9. The number of hydrogen-bond acceptors (Lipinski definition) is 4. The van der Waals surface area contributed by atoms with E-state index in [1.807, 2.05) is 42.8 Å². The first-order valence-corrected chi connectivity index (χ1v) is 10.5. The van der Waals surface area contributed by atoms with Gasteiger partial charge in [0.1, 0.15) is 6.04 Å². The fourth-order valence-electron chi connectivity index (χ4n) is 3.34. The number of nitrogens with one attached hydrogen (secondary N) is 3. The Morgan fingerprint density at radius 2 is 2.18 bits per heavy atom. The molecule has 28 heavy (non-hydrogen) atoms. The molecule has 0 radical (unpaired) electrons. The van der Waals surface area contributed by atoms with Gasteiger partial charge in [-0.2, -0.15) is 5.10 Å². The summed E-state index contributed by atoms with van der Waals surface area (Å²) >= 11 is 6.91. The number of aromatic amines is 2. The van der Waals surface area contributed by atoms with Crippen LogP contribution in [0.2, 0.25) is 0 Å². The topological polar surface area (TPSA) is 78.5 Å². The number of aromatic nitrogens is 4. The molecule has 0 saturated heterocycles. The first kappa shape index (κ1) is 18.6. The molecule has 0 bridgehead atoms. The van der Waals surface area contributed by atoms with Crippen LogP contribution in [-0.4, -0.2) is 32.2 Å². The number of fused-ring (bicyclic) bond motifs is 1. The lowest BCUT2D eigenvalue weighted by Crippen LogP contribution is -2.32. The summed E-state index contributed by atoms with van der Waals surface area (Å²) in [6.07, 6.45) is 3.83. The molecule has 0 aliphatic rings. The Kier molecular flexibility index (Phi) is 5.40. The third kappa shape index (κ3) is 3.65. The van der Waals surface area contributed by atoms with Crippen molar-refractivity contribution in [2.75, 3.05) is 6.54 Å². The van der Waals surface area contributed by atoms with Crippen LogP contribution in [0.1, 0.15) is 24.9 Å². The highest BCUT2D eigenvalue weighted by atomic mass is 32.1. The zero-order chi connectivity index (χ0) is 19.5. The highest BCUT2D eigenvalue weighted by Crippen LogP contribution is 2.25. The minimum Gasteiger partial charge on any atom is -0.361 e. The summed E-state index contributed by atoms with van der Waals surface area (Å²) in [6.45, 7) is 2.46. The molecular weight excluding hydrogens is 390 g/mol. The van der Waals surface area contributed by atoms with Gasteiger partial charge in [-0.15, -0.1) is 11.3 Å². The van der Waals surface area contributed by atoms with Crippen molar-refractivity contribution in [2.45, 2.75) is 25.8 Å². The molecule has 144 valence electrons. The second-order valence-electron chi connectivity index (χ2n) is 6.63. The number of carbonyl (C=O) groups is 1. The van der Waals surface area contributed by atoms with E-state index in [4.69, 9.17) is 12.2 Å². The van der Waals surface area contributed by atoms with E-state index < -0.39 is 6.04 Å². The van der Waals surface area contributed by atoms with E-state index in [2.05, 4.69) is 32.6 Å². The third-order valence-electron chi connectivity index (χ3n) is 4.81. The van der Waals surface area contributed by atoms with Crippen molar-refractivity contribution in [3.8, 4) is 10.7 Å². The van der Waals surface area contributed by atoms with Gasteiger partial charge in [0, 0.05) is 23.6 Å². The van der Waals surface area contributed by atoms with E-state index in [0.717, 1.165) is 23.2 Å². The molecule has 3 N–H and O–H groups in total. The minimum absolute atomic E-state index is 0.0609. The number of nitrogens with zero attached hydrogens (tertiary/aromatic N) is 2. The number of benzene rings is 1. The molecule has 4 aromatic rings. The lowest BCUT2D eigenvalue weighted by atomic mass is 10.1. The molecule has 4 rings (SSSR count). The van der Waals surface area contributed by atoms with Crippen molar-refractivity contribution in [3.63, 3.8) is 0 Å². The van der Waals surface area contributed by atoms with Gasteiger partial charge in [0.25, 0.3) is 0 Å². The minimum atomic E-state index is -0.434. The maximum atomic E-state index is 12.7. The second-order valence-corrected chi connectivity index (χ2v) is 7.96. The number of H-pyrrole nitrogens is 2. The molecule has 3 heterocycles. The number of thiophene rings is 1. The molecule has 0 fully saturated rings. The van der Waals surface area contributed by atoms with E-state index >= 15 is 0 Å². The summed E-state index contributed by atoms with van der Waals surface area (Å²) in [7, 11) is 0. The quantitative estimate of drug-likeness (QED) is 0.310. The summed E-state index contributed by atoms with van der Waals surface area (Å²) < 4.78 is 2.22. The maximum absolute atomic E-state index is 12.7. The van der Waals surface area contributed by atoms with Crippen LogP contribution in [0.15, 0.2) is 48.0 Å². The van der Waals surface area contributed by atoms with Gasteiger partial charge in [-0.1, -0.05) is 24.3 Å². The number of hydrogen-bond donors (Lipinski definition) is 3. The molecule has 6 nitrogen and oxygen atoms in total. The van der Waals surface area contributed by atoms with Crippen molar-refractivity contribution in [1.82, 2.24) is 25.1 Å². The smallest absolute Gasteiger partial charge is 0.242 e. The van der Waals surface area contributed by atoms with Crippen LogP contribution >= 0.6 is 23.6 Å². The zero-order valence-electron chi connectivity index (χ0n) is 15.4. The molecule has 1 amide bonds. The van der Waals surface area contributed by atoms with Crippen molar-refractivity contribution < 1.29 is 4.79 Å². The summed E-state index contributed by atoms with van der Waals surface area (Å²) in [5.74, 6) is 0.635. The molecule has 3 aromatic heterocycles. The van der Waals surface area contributed by atoms with E-state index in [1.54, 1.807) is 15.9 Å². The van der Waals surface area contributed by atoms with E-state index in [1.165, 1.54) is 10.9 Å². The number of aryl methyl sites for hydroxylation is 1. The second kappa shape index (κ2) is 8.12. The lowest BCUT2D eigenvalue weighted by Gasteiger charge is -2.15. The van der Waals surface area contributed by atoms with Gasteiger partial charge >= 0.3 is 0 Å². The highest BCUT2D eigenvalue weighted by molar-refractivity contribution is 7.71. The normalized spacial score (nSPS) is 12.3. The number of para-hydroxylation sites is 1. The molecular formula is C20H21N5OS2. The largest absolute Gasteiger partial charge is 0.361 e. The predicted molar refractivity (Wildman–Crippen MR) is 115 cm³/mol. The Hall–Kier alpha value is -2.71. The van der Waals surface area contributed by atoms with E-state index in [0.29, 0.717) is 17.1 Å². The molecule has 0 aliphatic heterocycles. The molecule has 1 atom stereocenters. The monoisotopic (exact) mass is 411 g/mol. The van der Waals surface area contributed by atoms with Gasteiger partial charge in [-0.05, 0) is 55.1 Å². The zero-order valence-corrected chi connectivity index (χ0v) is 17.1. The first-order chi connectivity index (χ1) is 13.6. The first-order valence-electron chi connectivity index (χ1n) is 9.18. The molecule has 0 spiro atoms.